The molecule has 0 saturated carbocycles. The second-order valence-electron chi connectivity index (χ2n) is 6.88. The molecular weight excluding hydrogens is 326 g/mol. The second kappa shape index (κ2) is 7.13. The molecule has 0 fully saturated rings. The zero-order chi connectivity index (χ0) is 18.8. The molecule has 3 aromatic carbocycles. The van der Waals surface area contributed by atoms with Gasteiger partial charge >= 0.3 is 0 Å². The molecule has 0 saturated heterocycles. The first-order chi connectivity index (χ1) is 13.2. The van der Waals surface area contributed by atoms with E-state index < -0.39 is 0 Å². The zero-order valence-electron chi connectivity index (χ0n) is 15.8. The molecule has 0 spiro atoms. The van der Waals surface area contributed by atoms with Crippen molar-refractivity contribution in [1.82, 2.24) is 4.57 Å². The number of aromatic nitrogens is 1. The SMILES string of the molecule is C=C/C=C(\C=C(/C)n1c2ccccc2c2ccccc21)c1ccc(C)cc1. The number of fused-ring (bicyclic) bond motifs is 3. The molecule has 1 heterocycles. The number of hydrogen-bond acceptors (Lipinski definition) is 0. The van der Waals surface area contributed by atoms with Gasteiger partial charge in [-0.1, -0.05) is 85.0 Å². The Hall–Kier alpha value is -3.32. The molecular formula is C26H23N. The Morgan fingerprint density at radius 1 is 0.815 bits per heavy atom. The van der Waals surface area contributed by atoms with Crippen LogP contribution in [-0.2, 0) is 0 Å². The quantitative estimate of drug-likeness (QED) is 0.342. The lowest BCUT2D eigenvalue weighted by atomic mass is 10.0. The van der Waals surface area contributed by atoms with Crippen LogP contribution in [0.5, 0.6) is 0 Å². The van der Waals surface area contributed by atoms with E-state index >= 15 is 0 Å². The molecule has 0 aliphatic rings. The molecule has 1 heteroatoms. The summed E-state index contributed by atoms with van der Waals surface area (Å²) in [6, 6.07) is 25.8. The third-order valence-corrected chi connectivity index (χ3v) is 4.98. The van der Waals surface area contributed by atoms with Crippen LogP contribution in [0.25, 0.3) is 33.1 Å². The average Bonchev–Trinajstić information content (AvgIpc) is 3.03. The van der Waals surface area contributed by atoms with Crippen LogP contribution in [-0.4, -0.2) is 4.57 Å². The molecule has 1 aromatic heterocycles. The molecule has 0 amide bonds. The molecule has 4 rings (SSSR count). The van der Waals surface area contributed by atoms with Crippen molar-refractivity contribution >= 4 is 33.1 Å². The van der Waals surface area contributed by atoms with Crippen molar-refractivity contribution in [3.63, 3.8) is 0 Å². The van der Waals surface area contributed by atoms with Gasteiger partial charge in [-0.3, -0.25) is 0 Å². The average molecular weight is 349 g/mol. The normalized spacial score (nSPS) is 12.7. The summed E-state index contributed by atoms with van der Waals surface area (Å²) < 4.78 is 2.34. The Labute approximate surface area is 160 Å². The number of rotatable bonds is 4. The lowest BCUT2D eigenvalue weighted by molar-refractivity contribution is 1.20. The molecule has 132 valence electrons. The minimum absolute atomic E-state index is 1.16. The lowest BCUT2D eigenvalue weighted by Crippen LogP contribution is -1.94. The molecule has 0 N–H and O–H groups in total. The molecule has 0 bridgehead atoms. The Morgan fingerprint density at radius 3 is 1.93 bits per heavy atom. The third-order valence-electron chi connectivity index (χ3n) is 4.98. The first-order valence-electron chi connectivity index (χ1n) is 9.25. The largest absolute Gasteiger partial charge is 0.313 e. The molecule has 1 nitrogen and oxygen atoms in total. The summed E-state index contributed by atoms with van der Waals surface area (Å²) in [5.41, 5.74) is 7.26. The van der Waals surface area contributed by atoms with Gasteiger partial charge in [-0.05, 0) is 43.2 Å². The molecule has 27 heavy (non-hydrogen) atoms. The van der Waals surface area contributed by atoms with Crippen LogP contribution in [0.15, 0.2) is 97.6 Å². The predicted octanol–water partition coefficient (Wildman–Crippen LogP) is 7.23. The van der Waals surface area contributed by atoms with Gasteiger partial charge in [0.25, 0.3) is 0 Å². The van der Waals surface area contributed by atoms with E-state index in [4.69, 9.17) is 0 Å². The molecule has 4 aromatic rings. The van der Waals surface area contributed by atoms with Crippen molar-refractivity contribution in [3.8, 4) is 0 Å². The fraction of sp³-hybridized carbons (Fsp3) is 0.0769. The van der Waals surface area contributed by atoms with E-state index in [1.165, 1.54) is 38.6 Å². The van der Waals surface area contributed by atoms with Crippen molar-refractivity contribution < 1.29 is 0 Å². The van der Waals surface area contributed by atoms with Gasteiger partial charge in [0.05, 0.1) is 11.0 Å². The maximum absolute atomic E-state index is 3.90. The van der Waals surface area contributed by atoms with Gasteiger partial charge in [0, 0.05) is 16.5 Å². The highest BCUT2D eigenvalue weighted by Gasteiger charge is 2.11. The minimum Gasteiger partial charge on any atom is -0.313 e. The van der Waals surface area contributed by atoms with Crippen LogP contribution in [0.1, 0.15) is 18.1 Å². The van der Waals surface area contributed by atoms with Gasteiger partial charge in [-0.25, -0.2) is 0 Å². The van der Waals surface area contributed by atoms with Gasteiger partial charge in [0.2, 0.25) is 0 Å². The van der Waals surface area contributed by atoms with E-state index in [-0.39, 0.29) is 0 Å². The van der Waals surface area contributed by atoms with Crippen LogP contribution in [0, 0.1) is 6.92 Å². The fourth-order valence-corrected chi connectivity index (χ4v) is 3.69. The Balaban J connectivity index is 1.92. The van der Waals surface area contributed by atoms with E-state index in [0.29, 0.717) is 0 Å². The van der Waals surface area contributed by atoms with E-state index in [1.807, 2.05) is 6.08 Å². The van der Waals surface area contributed by atoms with Crippen molar-refractivity contribution in [2.24, 2.45) is 0 Å². The van der Waals surface area contributed by atoms with Gasteiger partial charge in [-0.2, -0.15) is 0 Å². The number of benzene rings is 3. The van der Waals surface area contributed by atoms with Crippen LogP contribution < -0.4 is 0 Å². The number of para-hydroxylation sites is 2. The van der Waals surface area contributed by atoms with E-state index in [0.717, 1.165) is 5.57 Å². The zero-order valence-corrected chi connectivity index (χ0v) is 15.8. The topological polar surface area (TPSA) is 4.93 Å². The number of allylic oxidation sites excluding steroid dienone is 5. The molecule has 0 aliphatic heterocycles. The summed E-state index contributed by atoms with van der Waals surface area (Å²) in [7, 11) is 0. The first-order valence-corrected chi connectivity index (χ1v) is 9.25. The first kappa shape index (κ1) is 17.1. The standard InChI is InChI=1S/C26H23N/c1-4-9-22(21-16-14-19(2)15-17-21)18-20(3)27-25-12-7-5-10-23(25)24-11-6-8-13-26(24)27/h4-18H,1H2,2-3H3/b20-18+,22-9+. The van der Waals surface area contributed by atoms with Gasteiger partial charge in [0.1, 0.15) is 0 Å². The summed E-state index contributed by atoms with van der Waals surface area (Å²) in [5, 5.41) is 2.57. The Kier molecular flexibility index (Phi) is 4.52. The molecule has 0 unspecified atom stereocenters. The summed E-state index contributed by atoms with van der Waals surface area (Å²) >= 11 is 0. The van der Waals surface area contributed by atoms with Gasteiger partial charge in [0.15, 0.2) is 0 Å². The fourth-order valence-electron chi connectivity index (χ4n) is 3.69. The van der Waals surface area contributed by atoms with Gasteiger partial charge < -0.3 is 4.57 Å². The lowest BCUT2D eigenvalue weighted by Gasteiger charge is -2.10. The van der Waals surface area contributed by atoms with Crippen LogP contribution >= 0.6 is 0 Å². The van der Waals surface area contributed by atoms with Crippen molar-refractivity contribution in [1.29, 1.82) is 0 Å². The number of aryl methyl sites for hydroxylation is 1. The summed E-state index contributed by atoms with van der Waals surface area (Å²) in [5.74, 6) is 0. The monoisotopic (exact) mass is 349 g/mol. The summed E-state index contributed by atoms with van der Waals surface area (Å²) in [6.45, 7) is 8.18. The van der Waals surface area contributed by atoms with E-state index in [9.17, 15) is 0 Å². The Bertz CT molecular complexity index is 1130. The van der Waals surface area contributed by atoms with Crippen LogP contribution in [0.3, 0.4) is 0 Å². The number of nitrogens with zero attached hydrogens (tertiary/aromatic N) is 1. The van der Waals surface area contributed by atoms with Crippen molar-refractivity contribution in [2.75, 3.05) is 0 Å². The second-order valence-corrected chi connectivity index (χ2v) is 6.88. The van der Waals surface area contributed by atoms with E-state index in [1.54, 1.807) is 0 Å². The maximum atomic E-state index is 3.90. The number of hydrogen-bond donors (Lipinski definition) is 0. The van der Waals surface area contributed by atoms with Gasteiger partial charge in [-0.15, -0.1) is 0 Å². The summed E-state index contributed by atoms with van der Waals surface area (Å²) in [6.07, 6.45) is 6.16. The van der Waals surface area contributed by atoms with Crippen molar-refractivity contribution in [2.45, 2.75) is 13.8 Å². The molecule has 0 aliphatic carbocycles. The smallest absolute Gasteiger partial charge is 0.0537 e. The van der Waals surface area contributed by atoms with Crippen molar-refractivity contribution in [3.05, 3.63) is 109 Å². The molecule has 0 atom stereocenters. The predicted molar refractivity (Wildman–Crippen MR) is 119 cm³/mol. The third kappa shape index (κ3) is 3.13. The highest BCUT2D eigenvalue weighted by atomic mass is 15.0. The minimum atomic E-state index is 1.16. The summed E-state index contributed by atoms with van der Waals surface area (Å²) in [4.78, 5) is 0. The molecule has 0 radical (unpaired) electrons. The maximum Gasteiger partial charge on any atom is 0.0537 e. The van der Waals surface area contributed by atoms with Crippen LogP contribution in [0.4, 0.5) is 0 Å². The highest BCUT2D eigenvalue weighted by Crippen LogP contribution is 2.32. The Morgan fingerprint density at radius 2 is 1.37 bits per heavy atom. The highest BCUT2D eigenvalue weighted by molar-refractivity contribution is 6.10. The van der Waals surface area contributed by atoms with E-state index in [2.05, 4.69) is 110 Å². The van der Waals surface area contributed by atoms with Crippen LogP contribution in [0.2, 0.25) is 0 Å².